The van der Waals surface area contributed by atoms with E-state index in [4.69, 9.17) is 5.11 Å². The molecule has 1 heterocycles. The van der Waals surface area contributed by atoms with E-state index in [1.54, 1.807) is 6.07 Å². The summed E-state index contributed by atoms with van der Waals surface area (Å²) in [7, 11) is 0. The Morgan fingerprint density at radius 1 is 1.35 bits per heavy atom. The molecule has 0 aliphatic heterocycles. The van der Waals surface area contributed by atoms with Crippen LogP contribution < -0.4 is 5.32 Å². The van der Waals surface area contributed by atoms with Crippen molar-refractivity contribution < 1.29 is 19.1 Å². The Hall–Kier alpha value is -2.77. The molecule has 0 unspecified atom stereocenters. The monoisotopic (exact) mass is 278 g/mol. The largest absolute Gasteiger partial charge is 0.480 e. The molecule has 7 nitrogen and oxygen atoms in total. The Labute approximate surface area is 113 Å². The molecule has 8 heteroatoms. The molecule has 0 saturated carbocycles. The Morgan fingerprint density at radius 3 is 2.80 bits per heavy atom. The fraction of sp³-hybridized carbons (Fsp3) is 0.167. The minimum absolute atomic E-state index is 0.118. The van der Waals surface area contributed by atoms with Gasteiger partial charge in [0.05, 0.1) is 12.6 Å². The zero-order valence-corrected chi connectivity index (χ0v) is 10.3. The van der Waals surface area contributed by atoms with Crippen LogP contribution in [0.2, 0.25) is 0 Å². The maximum absolute atomic E-state index is 13.4. The van der Waals surface area contributed by atoms with E-state index < -0.39 is 24.2 Å². The first kappa shape index (κ1) is 13.7. The standard InChI is InChI=1S/C12H11FN4O3/c13-9-4-2-1-3-8(9)5-11(18)15-10-6-14-17(16-10)7-12(19)20/h1-4,6H,5,7H2,(H,19,20)(H,15,16,18). The highest BCUT2D eigenvalue weighted by molar-refractivity contribution is 5.91. The van der Waals surface area contributed by atoms with E-state index in [9.17, 15) is 14.0 Å². The maximum Gasteiger partial charge on any atom is 0.327 e. The average molecular weight is 278 g/mol. The lowest BCUT2D eigenvalue weighted by molar-refractivity contribution is -0.138. The number of aliphatic carboxylic acids is 1. The summed E-state index contributed by atoms with van der Waals surface area (Å²) in [6.45, 7) is -0.400. The number of carboxylic acid groups (broad SMARTS) is 1. The zero-order chi connectivity index (χ0) is 14.5. The smallest absolute Gasteiger partial charge is 0.327 e. The van der Waals surface area contributed by atoms with Crippen molar-refractivity contribution in [1.82, 2.24) is 15.0 Å². The molecule has 0 fully saturated rings. The molecular formula is C12H11FN4O3. The molecule has 1 aromatic heterocycles. The van der Waals surface area contributed by atoms with Crippen molar-refractivity contribution in [3.8, 4) is 0 Å². The number of anilines is 1. The van der Waals surface area contributed by atoms with Gasteiger partial charge in [-0.05, 0) is 11.6 Å². The minimum atomic E-state index is -1.09. The van der Waals surface area contributed by atoms with Gasteiger partial charge in [-0.2, -0.15) is 9.90 Å². The second-order valence-electron chi connectivity index (χ2n) is 3.97. The predicted octanol–water partition coefficient (Wildman–Crippen LogP) is 0.683. The van der Waals surface area contributed by atoms with Crippen LogP contribution in [0.4, 0.5) is 10.2 Å². The van der Waals surface area contributed by atoms with Crippen LogP contribution in [0.25, 0.3) is 0 Å². The summed E-state index contributed by atoms with van der Waals surface area (Å²) in [5.41, 5.74) is 0.267. The van der Waals surface area contributed by atoms with Crippen molar-refractivity contribution in [2.75, 3.05) is 5.32 Å². The number of nitrogens with zero attached hydrogens (tertiary/aromatic N) is 3. The van der Waals surface area contributed by atoms with Gasteiger partial charge < -0.3 is 10.4 Å². The van der Waals surface area contributed by atoms with Gasteiger partial charge in [-0.1, -0.05) is 18.2 Å². The van der Waals surface area contributed by atoms with Crippen molar-refractivity contribution in [3.05, 3.63) is 41.8 Å². The van der Waals surface area contributed by atoms with Crippen molar-refractivity contribution in [1.29, 1.82) is 0 Å². The highest BCUT2D eigenvalue weighted by atomic mass is 19.1. The van der Waals surface area contributed by atoms with Gasteiger partial charge in [0.15, 0.2) is 12.4 Å². The third-order valence-corrected chi connectivity index (χ3v) is 2.39. The molecule has 0 saturated heterocycles. The second-order valence-corrected chi connectivity index (χ2v) is 3.97. The summed E-state index contributed by atoms with van der Waals surface area (Å²) in [6.07, 6.45) is 1.08. The van der Waals surface area contributed by atoms with E-state index in [1.807, 2.05) is 0 Å². The van der Waals surface area contributed by atoms with Crippen molar-refractivity contribution in [2.45, 2.75) is 13.0 Å². The molecule has 0 aliphatic rings. The Morgan fingerprint density at radius 2 is 2.10 bits per heavy atom. The van der Waals surface area contributed by atoms with Gasteiger partial charge in [-0.3, -0.25) is 9.59 Å². The van der Waals surface area contributed by atoms with Gasteiger partial charge in [-0.25, -0.2) is 4.39 Å². The summed E-state index contributed by atoms with van der Waals surface area (Å²) in [5, 5.41) is 18.4. The second kappa shape index (κ2) is 5.91. The van der Waals surface area contributed by atoms with Crippen LogP contribution in [0.15, 0.2) is 30.5 Å². The van der Waals surface area contributed by atoms with E-state index in [0.29, 0.717) is 0 Å². The molecule has 0 atom stereocenters. The van der Waals surface area contributed by atoms with Crippen LogP contribution in [0.3, 0.4) is 0 Å². The first-order valence-corrected chi connectivity index (χ1v) is 5.70. The Kier molecular flexibility index (Phi) is 4.04. The predicted molar refractivity (Wildman–Crippen MR) is 66.4 cm³/mol. The van der Waals surface area contributed by atoms with Crippen LogP contribution in [0.5, 0.6) is 0 Å². The lowest BCUT2D eigenvalue weighted by atomic mass is 10.1. The number of hydrogen-bond acceptors (Lipinski definition) is 4. The van der Waals surface area contributed by atoms with E-state index in [-0.39, 0.29) is 17.8 Å². The molecule has 0 spiro atoms. The topological polar surface area (TPSA) is 97.1 Å². The van der Waals surface area contributed by atoms with Crippen LogP contribution >= 0.6 is 0 Å². The normalized spacial score (nSPS) is 10.2. The number of carbonyl (C=O) groups excluding carboxylic acids is 1. The highest BCUT2D eigenvalue weighted by Crippen LogP contribution is 2.08. The fourth-order valence-electron chi connectivity index (χ4n) is 1.55. The zero-order valence-electron chi connectivity index (χ0n) is 10.3. The first-order valence-electron chi connectivity index (χ1n) is 5.70. The molecule has 1 aromatic carbocycles. The number of amides is 1. The van der Waals surface area contributed by atoms with Crippen LogP contribution in [-0.4, -0.2) is 32.0 Å². The SMILES string of the molecule is O=C(O)Cn1ncc(NC(=O)Cc2ccccc2F)n1. The molecular weight excluding hydrogens is 267 g/mol. The number of halogens is 1. The number of benzene rings is 1. The average Bonchev–Trinajstić information content (AvgIpc) is 2.78. The summed E-state index contributed by atoms with van der Waals surface area (Å²) in [5.74, 6) is -1.90. The molecule has 0 bridgehead atoms. The summed E-state index contributed by atoms with van der Waals surface area (Å²) in [6, 6.07) is 5.95. The number of hydrogen-bond donors (Lipinski definition) is 2. The van der Waals surface area contributed by atoms with Gasteiger partial charge in [0, 0.05) is 0 Å². The van der Waals surface area contributed by atoms with Crippen LogP contribution in [-0.2, 0) is 22.6 Å². The van der Waals surface area contributed by atoms with E-state index >= 15 is 0 Å². The van der Waals surface area contributed by atoms with Crippen molar-refractivity contribution >= 4 is 17.7 Å². The molecule has 0 aliphatic carbocycles. The number of rotatable bonds is 5. The summed E-state index contributed by atoms with van der Waals surface area (Å²) < 4.78 is 13.4. The third-order valence-electron chi connectivity index (χ3n) is 2.39. The third kappa shape index (κ3) is 3.61. The molecule has 2 N–H and O–H groups in total. The quantitative estimate of drug-likeness (QED) is 0.838. The van der Waals surface area contributed by atoms with Crippen molar-refractivity contribution in [2.24, 2.45) is 0 Å². The molecule has 104 valence electrons. The summed E-state index contributed by atoms with van der Waals surface area (Å²) >= 11 is 0. The molecule has 2 aromatic rings. The van der Waals surface area contributed by atoms with Gasteiger partial charge in [0.1, 0.15) is 5.82 Å². The highest BCUT2D eigenvalue weighted by Gasteiger charge is 2.10. The van der Waals surface area contributed by atoms with Gasteiger partial charge in [0.2, 0.25) is 5.91 Å². The first-order chi connectivity index (χ1) is 9.54. The number of carbonyl (C=O) groups is 2. The van der Waals surface area contributed by atoms with E-state index in [2.05, 4.69) is 15.5 Å². The number of nitrogens with one attached hydrogen (secondary N) is 1. The van der Waals surface area contributed by atoms with Gasteiger partial charge in [-0.15, -0.1) is 5.10 Å². The Bertz CT molecular complexity index is 641. The maximum atomic E-state index is 13.4. The minimum Gasteiger partial charge on any atom is -0.480 e. The van der Waals surface area contributed by atoms with E-state index in [0.717, 1.165) is 4.80 Å². The van der Waals surface area contributed by atoms with Crippen LogP contribution in [0.1, 0.15) is 5.56 Å². The van der Waals surface area contributed by atoms with Gasteiger partial charge in [0.25, 0.3) is 0 Å². The van der Waals surface area contributed by atoms with Crippen LogP contribution in [0, 0.1) is 5.82 Å². The number of carboxylic acids is 1. The molecule has 2 rings (SSSR count). The van der Waals surface area contributed by atoms with Gasteiger partial charge >= 0.3 is 5.97 Å². The molecule has 0 radical (unpaired) electrons. The molecule has 20 heavy (non-hydrogen) atoms. The summed E-state index contributed by atoms with van der Waals surface area (Å²) in [4.78, 5) is 23.1. The van der Waals surface area contributed by atoms with Crippen molar-refractivity contribution in [3.63, 3.8) is 0 Å². The lowest BCUT2D eigenvalue weighted by Gasteiger charge is -2.02. The fourth-order valence-corrected chi connectivity index (χ4v) is 1.55. The Balaban J connectivity index is 1.96. The molecule has 1 amide bonds. The van der Waals surface area contributed by atoms with E-state index in [1.165, 1.54) is 24.4 Å². The lowest BCUT2D eigenvalue weighted by Crippen LogP contribution is -2.16. The number of aromatic nitrogens is 3.